The average molecular weight is 220 g/mol. The van der Waals surface area contributed by atoms with Crippen LogP contribution in [-0.4, -0.2) is 37.9 Å². The second-order valence-corrected chi connectivity index (χ2v) is 4.27. The van der Waals surface area contributed by atoms with Crippen LogP contribution in [0.25, 0.3) is 0 Å². The van der Waals surface area contributed by atoms with Crippen molar-refractivity contribution in [3.63, 3.8) is 0 Å². The van der Waals surface area contributed by atoms with Crippen LogP contribution in [0, 0.1) is 0 Å². The minimum atomic E-state index is 0.545. The molecule has 1 aromatic carbocycles. The summed E-state index contributed by atoms with van der Waals surface area (Å²) < 4.78 is 5.31. The third-order valence-electron chi connectivity index (χ3n) is 3.00. The Morgan fingerprint density at radius 1 is 1.25 bits per heavy atom. The summed E-state index contributed by atoms with van der Waals surface area (Å²) in [6.07, 6.45) is 0. The first-order chi connectivity index (χ1) is 7.86. The van der Waals surface area contributed by atoms with Gasteiger partial charge >= 0.3 is 0 Å². The standard InChI is InChI=1S/C13H20N2O/c1-12(13-5-3-2-4-6-13)11-14-15-7-9-16-10-8-15/h2-6,12,14H,7-11H2,1H3. The second kappa shape index (κ2) is 5.99. The van der Waals surface area contributed by atoms with E-state index in [1.807, 2.05) is 0 Å². The molecule has 1 fully saturated rings. The molecule has 1 atom stereocenters. The van der Waals surface area contributed by atoms with Gasteiger partial charge in [-0.25, -0.2) is 5.01 Å². The number of morpholine rings is 1. The highest BCUT2D eigenvalue weighted by Crippen LogP contribution is 2.13. The van der Waals surface area contributed by atoms with Crippen molar-refractivity contribution >= 4 is 0 Å². The van der Waals surface area contributed by atoms with Crippen LogP contribution in [-0.2, 0) is 4.74 Å². The molecule has 0 aromatic heterocycles. The molecule has 1 unspecified atom stereocenters. The average Bonchev–Trinajstić information content (AvgIpc) is 2.38. The van der Waals surface area contributed by atoms with Gasteiger partial charge in [0.05, 0.1) is 13.2 Å². The van der Waals surface area contributed by atoms with Crippen molar-refractivity contribution in [3.8, 4) is 0 Å². The van der Waals surface area contributed by atoms with Crippen molar-refractivity contribution in [2.24, 2.45) is 0 Å². The molecule has 1 aliphatic rings. The van der Waals surface area contributed by atoms with Gasteiger partial charge in [-0.2, -0.15) is 0 Å². The molecule has 0 saturated carbocycles. The predicted molar refractivity (Wildman–Crippen MR) is 65.3 cm³/mol. The molecule has 1 aromatic rings. The van der Waals surface area contributed by atoms with E-state index in [0.29, 0.717) is 5.92 Å². The molecule has 88 valence electrons. The van der Waals surface area contributed by atoms with Crippen LogP contribution in [0.2, 0.25) is 0 Å². The minimum Gasteiger partial charge on any atom is -0.379 e. The fourth-order valence-electron chi connectivity index (χ4n) is 1.89. The first kappa shape index (κ1) is 11.6. The Bertz CT molecular complexity index is 296. The van der Waals surface area contributed by atoms with Gasteiger partial charge in [0, 0.05) is 19.6 Å². The lowest BCUT2D eigenvalue weighted by Crippen LogP contribution is -2.46. The molecule has 1 saturated heterocycles. The highest BCUT2D eigenvalue weighted by molar-refractivity contribution is 5.18. The third kappa shape index (κ3) is 3.30. The number of hydrazine groups is 1. The van der Waals surface area contributed by atoms with Crippen LogP contribution < -0.4 is 5.43 Å². The predicted octanol–water partition coefficient (Wildman–Crippen LogP) is 1.63. The molecule has 1 N–H and O–H groups in total. The topological polar surface area (TPSA) is 24.5 Å². The van der Waals surface area contributed by atoms with Gasteiger partial charge in [0.15, 0.2) is 0 Å². The Kier molecular flexibility index (Phi) is 4.34. The molecule has 16 heavy (non-hydrogen) atoms. The molecular weight excluding hydrogens is 200 g/mol. The number of hydrogen-bond donors (Lipinski definition) is 1. The normalized spacial score (nSPS) is 19.6. The van der Waals surface area contributed by atoms with E-state index in [0.717, 1.165) is 32.8 Å². The molecule has 3 nitrogen and oxygen atoms in total. The lowest BCUT2D eigenvalue weighted by atomic mass is 10.0. The molecule has 1 heterocycles. The lowest BCUT2D eigenvalue weighted by molar-refractivity contribution is 0.0113. The molecule has 2 rings (SSSR count). The highest BCUT2D eigenvalue weighted by Gasteiger charge is 2.11. The molecule has 1 aliphatic heterocycles. The maximum atomic E-state index is 5.31. The van der Waals surface area contributed by atoms with E-state index in [1.54, 1.807) is 0 Å². The summed E-state index contributed by atoms with van der Waals surface area (Å²) in [5, 5.41) is 2.25. The van der Waals surface area contributed by atoms with E-state index in [1.165, 1.54) is 5.56 Å². The van der Waals surface area contributed by atoms with Gasteiger partial charge in [-0.1, -0.05) is 37.3 Å². The van der Waals surface area contributed by atoms with Gasteiger partial charge < -0.3 is 4.74 Å². The summed E-state index contributed by atoms with van der Waals surface area (Å²) in [4.78, 5) is 0. The maximum absolute atomic E-state index is 5.31. The van der Waals surface area contributed by atoms with Crippen molar-refractivity contribution in [2.75, 3.05) is 32.8 Å². The summed E-state index contributed by atoms with van der Waals surface area (Å²) >= 11 is 0. The summed E-state index contributed by atoms with van der Waals surface area (Å²) in [6.45, 7) is 6.90. The molecule has 0 spiro atoms. The quantitative estimate of drug-likeness (QED) is 0.834. The van der Waals surface area contributed by atoms with Crippen LogP contribution >= 0.6 is 0 Å². The Morgan fingerprint density at radius 2 is 1.94 bits per heavy atom. The maximum Gasteiger partial charge on any atom is 0.0608 e. The summed E-state index contributed by atoms with van der Waals surface area (Å²) in [5.41, 5.74) is 4.87. The van der Waals surface area contributed by atoms with Crippen LogP contribution in [0.5, 0.6) is 0 Å². The largest absolute Gasteiger partial charge is 0.379 e. The molecule has 0 amide bonds. The fraction of sp³-hybridized carbons (Fsp3) is 0.538. The smallest absolute Gasteiger partial charge is 0.0608 e. The Balaban J connectivity index is 1.77. The first-order valence-corrected chi connectivity index (χ1v) is 5.97. The number of rotatable bonds is 4. The van der Waals surface area contributed by atoms with Gasteiger partial charge in [-0.15, -0.1) is 0 Å². The van der Waals surface area contributed by atoms with E-state index >= 15 is 0 Å². The fourth-order valence-corrected chi connectivity index (χ4v) is 1.89. The van der Waals surface area contributed by atoms with Gasteiger partial charge in [0.1, 0.15) is 0 Å². The Labute approximate surface area is 97.4 Å². The molecule has 0 aliphatic carbocycles. The van der Waals surface area contributed by atoms with E-state index in [-0.39, 0.29) is 0 Å². The molecular formula is C13H20N2O. The van der Waals surface area contributed by atoms with Crippen molar-refractivity contribution in [1.29, 1.82) is 0 Å². The van der Waals surface area contributed by atoms with Crippen molar-refractivity contribution in [3.05, 3.63) is 35.9 Å². The van der Waals surface area contributed by atoms with Crippen molar-refractivity contribution in [2.45, 2.75) is 12.8 Å². The lowest BCUT2D eigenvalue weighted by Gasteiger charge is -2.28. The molecule has 3 heteroatoms. The molecule has 0 bridgehead atoms. The van der Waals surface area contributed by atoms with E-state index in [4.69, 9.17) is 4.74 Å². The minimum absolute atomic E-state index is 0.545. The zero-order valence-corrected chi connectivity index (χ0v) is 9.86. The monoisotopic (exact) mass is 220 g/mol. The number of ether oxygens (including phenoxy) is 1. The zero-order valence-electron chi connectivity index (χ0n) is 9.86. The Morgan fingerprint density at radius 3 is 2.62 bits per heavy atom. The zero-order chi connectivity index (χ0) is 11.2. The Hall–Kier alpha value is -0.900. The summed E-state index contributed by atoms with van der Waals surface area (Å²) in [6, 6.07) is 10.6. The van der Waals surface area contributed by atoms with Crippen LogP contribution in [0.3, 0.4) is 0 Å². The SMILES string of the molecule is CC(CNN1CCOCC1)c1ccccc1. The number of hydrogen-bond acceptors (Lipinski definition) is 3. The van der Waals surface area contributed by atoms with E-state index in [9.17, 15) is 0 Å². The first-order valence-electron chi connectivity index (χ1n) is 5.97. The number of nitrogens with zero attached hydrogens (tertiary/aromatic N) is 1. The number of nitrogens with one attached hydrogen (secondary N) is 1. The third-order valence-corrected chi connectivity index (χ3v) is 3.00. The highest BCUT2D eigenvalue weighted by atomic mass is 16.5. The van der Waals surface area contributed by atoms with Crippen LogP contribution in [0.15, 0.2) is 30.3 Å². The van der Waals surface area contributed by atoms with Crippen molar-refractivity contribution < 1.29 is 4.74 Å². The number of benzene rings is 1. The van der Waals surface area contributed by atoms with Gasteiger partial charge in [-0.3, -0.25) is 5.43 Å². The van der Waals surface area contributed by atoms with Crippen LogP contribution in [0.4, 0.5) is 0 Å². The van der Waals surface area contributed by atoms with Crippen molar-refractivity contribution in [1.82, 2.24) is 10.4 Å². The summed E-state index contributed by atoms with van der Waals surface area (Å²) in [5.74, 6) is 0.545. The second-order valence-electron chi connectivity index (χ2n) is 4.27. The van der Waals surface area contributed by atoms with Gasteiger partial charge in [-0.05, 0) is 11.5 Å². The van der Waals surface area contributed by atoms with E-state index < -0.39 is 0 Å². The van der Waals surface area contributed by atoms with Gasteiger partial charge in [0.25, 0.3) is 0 Å². The molecule has 0 radical (unpaired) electrons. The van der Waals surface area contributed by atoms with Crippen LogP contribution in [0.1, 0.15) is 18.4 Å². The van der Waals surface area contributed by atoms with Gasteiger partial charge in [0.2, 0.25) is 0 Å². The van der Waals surface area contributed by atoms with E-state index in [2.05, 4.69) is 47.7 Å². The summed E-state index contributed by atoms with van der Waals surface area (Å²) in [7, 11) is 0.